The van der Waals surface area contributed by atoms with Crippen LogP contribution in [-0.4, -0.2) is 63.7 Å². The number of urea groups is 1. The van der Waals surface area contributed by atoms with E-state index < -0.39 is 6.03 Å². The standard InChI is InChI=1S/C17H21N5O3.CH4O.Y/c23-16-4-7-21(17(24)19-16)15-11-18-22-8-3-13(10-14(15)22)9-12-1-5-20(25)6-2-12;1-2;/h3,8,10-12,25H,1-2,4-7,9H2,(H,19,23,24);2H,1H3;. The van der Waals surface area contributed by atoms with Crippen molar-refractivity contribution in [3.63, 3.8) is 0 Å². The molecule has 0 saturated carbocycles. The number of aliphatic hydroxyl groups is 1. The molecule has 10 heteroatoms. The Balaban J connectivity index is 0.000000906. The van der Waals surface area contributed by atoms with E-state index in [0.717, 1.165) is 37.6 Å². The Labute approximate surface area is 188 Å². The topological polar surface area (TPSA) is 110 Å². The Bertz CT molecular complexity index is 819. The number of imide groups is 1. The van der Waals surface area contributed by atoms with Crippen LogP contribution in [0.4, 0.5) is 10.5 Å². The van der Waals surface area contributed by atoms with Crippen LogP contribution in [-0.2, 0) is 43.9 Å². The minimum atomic E-state index is -0.396. The van der Waals surface area contributed by atoms with Gasteiger partial charge in [0.2, 0.25) is 5.91 Å². The molecular formula is C18H25N5O4Y. The zero-order chi connectivity index (χ0) is 19.4. The summed E-state index contributed by atoms with van der Waals surface area (Å²) in [4.78, 5) is 25.0. The molecule has 2 fully saturated rings. The SMILES string of the molecule is CO.O=C1CCN(c2cnn3ccc(CC4CCN(O)CC4)cc23)C(=O)N1.[Y]. The average Bonchev–Trinajstić information content (AvgIpc) is 3.08. The maximum absolute atomic E-state index is 12.1. The fraction of sp³-hybridized carbons (Fsp3) is 0.500. The Morgan fingerprint density at radius 2 is 1.93 bits per heavy atom. The van der Waals surface area contributed by atoms with Crippen LogP contribution in [0.5, 0.6) is 0 Å². The Morgan fingerprint density at radius 1 is 1.21 bits per heavy atom. The summed E-state index contributed by atoms with van der Waals surface area (Å²) >= 11 is 0. The monoisotopic (exact) mass is 464 g/mol. The summed E-state index contributed by atoms with van der Waals surface area (Å²) in [5, 5.41) is 24.5. The largest absolute Gasteiger partial charge is 0.400 e. The van der Waals surface area contributed by atoms with Crippen molar-refractivity contribution in [2.24, 2.45) is 5.92 Å². The molecule has 2 aromatic heterocycles. The molecule has 2 saturated heterocycles. The van der Waals surface area contributed by atoms with Gasteiger partial charge in [-0.2, -0.15) is 10.2 Å². The van der Waals surface area contributed by atoms with Crippen molar-refractivity contribution >= 4 is 23.1 Å². The number of fused-ring (bicyclic) bond motifs is 1. The fourth-order valence-electron chi connectivity index (χ4n) is 3.60. The van der Waals surface area contributed by atoms with E-state index in [9.17, 15) is 14.8 Å². The molecular weight excluding hydrogens is 439 g/mol. The number of hydrogen-bond acceptors (Lipinski definition) is 6. The zero-order valence-electron chi connectivity index (χ0n) is 15.9. The van der Waals surface area contributed by atoms with Gasteiger partial charge in [-0.05, 0) is 42.9 Å². The summed E-state index contributed by atoms with van der Waals surface area (Å²) in [6, 6.07) is 3.72. The predicted molar refractivity (Wildman–Crippen MR) is 98.6 cm³/mol. The average molecular weight is 464 g/mol. The number of aromatic nitrogens is 2. The first-order chi connectivity index (χ1) is 13.1. The number of carbonyl (C=O) groups is 2. The summed E-state index contributed by atoms with van der Waals surface area (Å²) in [5.74, 6) is 0.307. The van der Waals surface area contributed by atoms with Crippen molar-refractivity contribution in [1.82, 2.24) is 20.0 Å². The second kappa shape index (κ2) is 10.4. The molecule has 0 unspecified atom stereocenters. The molecule has 28 heavy (non-hydrogen) atoms. The van der Waals surface area contributed by atoms with E-state index in [1.54, 1.807) is 15.6 Å². The van der Waals surface area contributed by atoms with E-state index in [2.05, 4.69) is 22.5 Å². The third-order valence-corrected chi connectivity index (χ3v) is 5.03. The van der Waals surface area contributed by atoms with Gasteiger partial charge in [0.1, 0.15) is 0 Å². The molecule has 2 aliphatic heterocycles. The van der Waals surface area contributed by atoms with E-state index in [-0.39, 0.29) is 38.6 Å². The molecule has 0 atom stereocenters. The number of anilines is 1. The summed E-state index contributed by atoms with van der Waals surface area (Å²) in [5.41, 5.74) is 2.78. The van der Waals surface area contributed by atoms with E-state index >= 15 is 0 Å². The van der Waals surface area contributed by atoms with Gasteiger partial charge < -0.3 is 10.3 Å². The molecule has 0 aliphatic carbocycles. The molecule has 2 aliphatic rings. The van der Waals surface area contributed by atoms with Crippen LogP contribution in [0.3, 0.4) is 0 Å². The molecule has 0 spiro atoms. The molecule has 2 aromatic rings. The zero-order valence-corrected chi connectivity index (χ0v) is 18.8. The number of nitrogens with one attached hydrogen (secondary N) is 1. The van der Waals surface area contributed by atoms with Crippen molar-refractivity contribution in [2.75, 3.05) is 31.6 Å². The van der Waals surface area contributed by atoms with Crippen molar-refractivity contribution in [1.29, 1.82) is 0 Å². The van der Waals surface area contributed by atoms with E-state index in [0.29, 0.717) is 32.0 Å². The molecule has 9 nitrogen and oxygen atoms in total. The molecule has 4 rings (SSSR count). The maximum atomic E-state index is 12.1. The van der Waals surface area contributed by atoms with Gasteiger partial charge in [0.05, 0.1) is 17.4 Å². The molecule has 3 N–H and O–H groups in total. The summed E-state index contributed by atoms with van der Waals surface area (Å²) < 4.78 is 1.75. The number of rotatable bonds is 3. The van der Waals surface area contributed by atoms with Crippen LogP contribution < -0.4 is 10.2 Å². The van der Waals surface area contributed by atoms with E-state index in [4.69, 9.17) is 5.11 Å². The molecule has 3 amide bonds. The number of pyridine rings is 1. The summed E-state index contributed by atoms with van der Waals surface area (Å²) in [6.07, 6.45) is 6.76. The fourth-order valence-corrected chi connectivity index (χ4v) is 3.60. The molecule has 1 radical (unpaired) electrons. The van der Waals surface area contributed by atoms with Crippen molar-refractivity contribution in [3.05, 3.63) is 30.1 Å². The third kappa shape index (κ3) is 5.15. The van der Waals surface area contributed by atoms with Crippen LogP contribution in [0.25, 0.3) is 5.52 Å². The Morgan fingerprint density at radius 3 is 2.61 bits per heavy atom. The van der Waals surface area contributed by atoms with Crippen molar-refractivity contribution in [2.45, 2.75) is 25.7 Å². The molecule has 0 aromatic carbocycles. The second-order valence-electron chi connectivity index (χ2n) is 6.75. The van der Waals surface area contributed by atoms with E-state index in [1.165, 1.54) is 10.6 Å². The van der Waals surface area contributed by atoms with E-state index in [1.807, 2.05) is 6.20 Å². The summed E-state index contributed by atoms with van der Waals surface area (Å²) in [7, 11) is 1.00. The number of aliphatic hydroxyl groups excluding tert-OH is 1. The molecule has 4 heterocycles. The van der Waals surface area contributed by atoms with Gasteiger partial charge in [-0.15, -0.1) is 0 Å². The number of piperidine rings is 1. The van der Waals surface area contributed by atoms with Gasteiger partial charge in [0, 0.05) is 72.1 Å². The first kappa shape index (κ1) is 22.9. The number of amides is 3. The van der Waals surface area contributed by atoms with Crippen LogP contribution >= 0.6 is 0 Å². The number of nitrogens with zero attached hydrogens (tertiary/aromatic N) is 4. The first-order valence-corrected chi connectivity index (χ1v) is 9.06. The van der Waals surface area contributed by atoms with Crippen molar-refractivity contribution < 1.29 is 52.6 Å². The number of hydrogen-bond donors (Lipinski definition) is 3. The molecule has 0 bridgehead atoms. The third-order valence-electron chi connectivity index (χ3n) is 5.03. The quantitative estimate of drug-likeness (QED) is 0.626. The number of carbonyl (C=O) groups excluding carboxylic acids is 2. The van der Waals surface area contributed by atoms with Crippen LogP contribution in [0, 0.1) is 5.92 Å². The van der Waals surface area contributed by atoms with Gasteiger partial charge >= 0.3 is 6.03 Å². The first-order valence-electron chi connectivity index (χ1n) is 9.06. The minimum absolute atomic E-state index is 0. The van der Waals surface area contributed by atoms with Gasteiger partial charge in [0.15, 0.2) is 0 Å². The van der Waals surface area contributed by atoms with Gasteiger partial charge in [-0.1, -0.05) is 0 Å². The van der Waals surface area contributed by atoms with Gasteiger partial charge in [-0.25, -0.2) is 9.31 Å². The molecule has 149 valence electrons. The van der Waals surface area contributed by atoms with Crippen LogP contribution in [0.2, 0.25) is 0 Å². The Hall–Kier alpha value is -1.39. The van der Waals surface area contributed by atoms with Crippen LogP contribution in [0.15, 0.2) is 24.5 Å². The number of hydroxylamine groups is 2. The van der Waals surface area contributed by atoms with Gasteiger partial charge in [0.25, 0.3) is 0 Å². The van der Waals surface area contributed by atoms with Gasteiger partial charge in [-0.3, -0.25) is 15.0 Å². The normalized spacial score (nSPS) is 18.3. The minimum Gasteiger partial charge on any atom is -0.400 e. The maximum Gasteiger partial charge on any atom is 0.328 e. The summed E-state index contributed by atoms with van der Waals surface area (Å²) in [6.45, 7) is 1.80. The van der Waals surface area contributed by atoms with Crippen molar-refractivity contribution in [3.8, 4) is 0 Å². The Kier molecular flexibility index (Phi) is 8.51. The smallest absolute Gasteiger partial charge is 0.328 e. The van der Waals surface area contributed by atoms with Crippen LogP contribution in [0.1, 0.15) is 24.8 Å². The second-order valence-corrected chi connectivity index (χ2v) is 6.75. The predicted octanol–water partition coefficient (Wildman–Crippen LogP) is 1.03.